The standard InChI is InChI=1S/C16H33NO/c1-6-8-9-10-11-14(5)12-15-16(18-15)17(7-2)13(3)4/h13-16H,6-12H2,1-5H3. The first-order valence-corrected chi connectivity index (χ1v) is 8.01. The molecule has 2 nitrogen and oxygen atoms in total. The average Bonchev–Trinajstić information content (AvgIpc) is 3.04. The maximum Gasteiger partial charge on any atom is 0.137 e. The normalized spacial score (nSPS) is 24.8. The third-order valence-electron chi connectivity index (χ3n) is 4.10. The Morgan fingerprint density at radius 1 is 1.06 bits per heavy atom. The van der Waals surface area contributed by atoms with E-state index in [0.29, 0.717) is 18.4 Å². The second-order valence-electron chi connectivity index (χ2n) is 6.18. The van der Waals surface area contributed by atoms with E-state index in [9.17, 15) is 0 Å². The van der Waals surface area contributed by atoms with E-state index >= 15 is 0 Å². The van der Waals surface area contributed by atoms with Crippen LogP contribution in [0.3, 0.4) is 0 Å². The van der Waals surface area contributed by atoms with E-state index in [2.05, 4.69) is 39.5 Å². The molecule has 1 rings (SSSR count). The third kappa shape index (κ3) is 5.27. The first-order chi connectivity index (χ1) is 8.60. The Hall–Kier alpha value is -0.0800. The quantitative estimate of drug-likeness (QED) is 0.424. The molecule has 1 aliphatic rings. The lowest BCUT2D eigenvalue weighted by Crippen LogP contribution is -2.34. The molecular formula is C16H33NO. The van der Waals surface area contributed by atoms with Crippen molar-refractivity contribution in [3.63, 3.8) is 0 Å². The first kappa shape index (κ1) is 16.0. The highest BCUT2D eigenvalue weighted by Gasteiger charge is 2.44. The van der Waals surface area contributed by atoms with Crippen molar-refractivity contribution in [3.8, 4) is 0 Å². The number of epoxide rings is 1. The molecule has 0 radical (unpaired) electrons. The summed E-state index contributed by atoms with van der Waals surface area (Å²) in [4.78, 5) is 2.47. The van der Waals surface area contributed by atoms with E-state index in [1.165, 1.54) is 38.5 Å². The van der Waals surface area contributed by atoms with Crippen LogP contribution < -0.4 is 0 Å². The Kier molecular flexibility index (Phi) is 7.25. The molecule has 0 aromatic heterocycles. The van der Waals surface area contributed by atoms with Gasteiger partial charge in [0.05, 0.1) is 6.10 Å². The summed E-state index contributed by atoms with van der Waals surface area (Å²) in [6.45, 7) is 12.5. The van der Waals surface area contributed by atoms with Crippen LogP contribution in [-0.2, 0) is 4.74 Å². The van der Waals surface area contributed by atoms with Gasteiger partial charge in [0.2, 0.25) is 0 Å². The molecule has 0 amide bonds. The van der Waals surface area contributed by atoms with E-state index in [1.54, 1.807) is 0 Å². The van der Waals surface area contributed by atoms with Gasteiger partial charge >= 0.3 is 0 Å². The first-order valence-electron chi connectivity index (χ1n) is 8.01. The molecule has 1 aliphatic heterocycles. The Morgan fingerprint density at radius 3 is 2.33 bits per heavy atom. The minimum atomic E-state index is 0.410. The van der Waals surface area contributed by atoms with Gasteiger partial charge in [0.25, 0.3) is 0 Å². The van der Waals surface area contributed by atoms with Gasteiger partial charge in [-0.3, -0.25) is 4.90 Å². The summed E-state index contributed by atoms with van der Waals surface area (Å²) in [5.41, 5.74) is 0. The molecule has 1 fully saturated rings. The van der Waals surface area contributed by atoms with E-state index in [-0.39, 0.29) is 0 Å². The lowest BCUT2D eigenvalue weighted by molar-refractivity contribution is 0.147. The molecule has 0 aliphatic carbocycles. The minimum absolute atomic E-state index is 0.410. The molecule has 0 saturated carbocycles. The summed E-state index contributed by atoms with van der Waals surface area (Å²) in [6.07, 6.45) is 9.08. The number of nitrogens with zero attached hydrogens (tertiary/aromatic N) is 1. The molecule has 0 spiro atoms. The Morgan fingerprint density at radius 2 is 1.78 bits per heavy atom. The van der Waals surface area contributed by atoms with Crippen molar-refractivity contribution in [2.24, 2.45) is 5.92 Å². The molecule has 0 N–H and O–H groups in total. The Balaban J connectivity index is 2.13. The molecule has 2 heteroatoms. The summed E-state index contributed by atoms with van der Waals surface area (Å²) in [5, 5.41) is 0. The maximum atomic E-state index is 5.86. The lowest BCUT2D eigenvalue weighted by atomic mass is 9.97. The Bertz CT molecular complexity index is 217. The van der Waals surface area contributed by atoms with Crippen LogP contribution in [0.1, 0.15) is 73.1 Å². The smallest absolute Gasteiger partial charge is 0.137 e. The molecule has 0 aromatic carbocycles. The zero-order valence-corrected chi connectivity index (χ0v) is 13.1. The van der Waals surface area contributed by atoms with Crippen LogP contribution in [-0.4, -0.2) is 29.8 Å². The molecule has 108 valence electrons. The molecule has 1 saturated heterocycles. The SMILES string of the molecule is CCCCCCC(C)CC1OC1N(CC)C(C)C. The highest BCUT2D eigenvalue weighted by Crippen LogP contribution is 2.33. The predicted octanol–water partition coefficient (Wildman–Crippen LogP) is 4.44. The van der Waals surface area contributed by atoms with Crippen molar-refractivity contribution >= 4 is 0 Å². The van der Waals surface area contributed by atoms with Gasteiger partial charge in [-0.1, -0.05) is 52.9 Å². The molecule has 0 aromatic rings. The molecule has 1 heterocycles. The van der Waals surface area contributed by atoms with Crippen molar-refractivity contribution < 1.29 is 4.74 Å². The van der Waals surface area contributed by atoms with E-state index in [1.807, 2.05) is 0 Å². The predicted molar refractivity (Wildman–Crippen MR) is 78.7 cm³/mol. The summed E-state index contributed by atoms with van der Waals surface area (Å²) in [7, 11) is 0. The summed E-state index contributed by atoms with van der Waals surface area (Å²) < 4.78 is 5.86. The summed E-state index contributed by atoms with van der Waals surface area (Å²) >= 11 is 0. The topological polar surface area (TPSA) is 15.8 Å². The molecule has 18 heavy (non-hydrogen) atoms. The largest absolute Gasteiger partial charge is 0.353 e. The van der Waals surface area contributed by atoms with Crippen LogP contribution in [0.25, 0.3) is 0 Å². The number of hydrogen-bond acceptors (Lipinski definition) is 2. The second kappa shape index (κ2) is 8.16. The van der Waals surface area contributed by atoms with Gasteiger partial charge in [0.1, 0.15) is 6.23 Å². The average molecular weight is 255 g/mol. The van der Waals surface area contributed by atoms with Crippen molar-refractivity contribution in [3.05, 3.63) is 0 Å². The molecule has 3 unspecified atom stereocenters. The number of hydrogen-bond donors (Lipinski definition) is 0. The van der Waals surface area contributed by atoms with Gasteiger partial charge in [-0.2, -0.15) is 0 Å². The van der Waals surface area contributed by atoms with E-state index < -0.39 is 0 Å². The van der Waals surface area contributed by atoms with E-state index in [4.69, 9.17) is 4.74 Å². The number of rotatable bonds is 10. The highest BCUT2D eigenvalue weighted by atomic mass is 16.6. The van der Waals surface area contributed by atoms with Gasteiger partial charge in [-0.25, -0.2) is 0 Å². The number of ether oxygens (including phenoxy) is 1. The van der Waals surface area contributed by atoms with Crippen LogP contribution in [0, 0.1) is 5.92 Å². The molecule has 0 bridgehead atoms. The van der Waals surface area contributed by atoms with Crippen molar-refractivity contribution in [1.82, 2.24) is 4.90 Å². The molecule has 3 atom stereocenters. The maximum absolute atomic E-state index is 5.86. The van der Waals surface area contributed by atoms with Gasteiger partial charge in [-0.05, 0) is 32.7 Å². The fraction of sp³-hybridized carbons (Fsp3) is 1.00. The van der Waals surface area contributed by atoms with Crippen LogP contribution >= 0.6 is 0 Å². The van der Waals surface area contributed by atoms with Crippen molar-refractivity contribution in [2.75, 3.05) is 6.54 Å². The zero-order chi connectivity index (χ0) is 13.5. The monoisotopic (exact) mass is 255 g/mol. The van der Waals surface area contributed by atoms with Crippen molar-refractivity contribution in [2.45, 2.75) is 91.5 Å². The fourth-order valence-electron chi connectivity index (χ4n) is 2.87. The van der Waals surface area contributed by atoms with Gasteiger partial charge in [0.15, 0.2) is 0 Å². The van der Waals surface area contributed by atoms with Crippen LogP contribution in [0.5, 0.6) is 0 Å². The molecular weight excluding hydrogens is 222 g/mol. The van der Waals surface area contributed by atoms with Gasteiger partial charge < -0.3 is 4.74 Å². The minimum Gasteiger partial charge on any atom is -0.353 e. The third-order valence-corrected chi connectivity index (χ3v) is 4.10. The number of unbranched alkanes of at least 4 members (excludes halogenated alkanes) is 3. The van der Waals surface area contributed by atoms with E-state index in [0.717, 1.165) is 12.5 Å². The van der Waals surface area contributed by atoms with Crippen LogP contribution in [0.2, 0.25) is 0 Å². The fourth-order valence-corrected chi connectivity index (χ4v) is 2.87. The zero-order valence-electron chi connectivity index (χ0n) is 13.1. The second-order valence-corrected chi connectivity index (χ2v) is 6.18. The van der Waals surface area contributed by atoms with Crippen molar-refractivity contribution in [1.29, 1.82) is 0 Å². The number of likely N-dealkylation sites (N-methyl/N-ethyl adjacent to an activating group) is 1. The van der Waals surface area contributed by atoms with Gasteiger partial charge in [-0.15, -0.1) is 0 Å². The van der Waals surface area contributed by atoms with Crippen LogP contribution in [0.15, 0.2) is 0 Å². The lowest BCUT2D eigenvalue weighted by Gasteiger charge is -2.22. The summed E-state index contributed by atoms with van der Waals surface area (Å²) in [6, 6.07) is 0.602. The highest BCUT2D eigenvalue weighted by molar-refractivity contribution is 4.87. The Labute approximate surface area is 114 Å². The summed E-state index contributed by atoms with van der Waals surface area (Å²) in [5.74, 6) is 0.822. The van der Waals surface area contributed by atoms with Crippen LogP contribution in [0.4, 0.5) is 0 Å². The van der Waals surface area contributed by atoms with Gasteiger partial charge in [0, 0.05) is 6.04 Å².